The first-order valence-corrected chi connectivity index (χ1v) is 6.32. The average Bonchev–Trinajstić information content (AvgIpc) is 2.17. The van der Waals surface area contributed by atoms with Gasteiger partial charge in [-0.1, -0.05) is 20.8 Å². The minimum absolute atomic E-state index is 0.0108. The molecule has 96 valence electrons. The Morgan fingerprint density at radius 3 is 2.50 bits per heavy atom. The second-order valence-corrected chi connectivity index (χ2v) is 6.35. The van der Waals surface area contributed by atoms with Crippen molar-refractivity contribution in [3.63, 3.8) is 0 Å². The fraction of sp³-hybridized carbons (Fsp3) is 1.00. The molecule has 2 N–H and O–H groups in total. The molecule has 2 atom stereocenters. The molecule has 0 amide bonds. The van der Waals surface area contributed by atoms with Gasteiger partial charge in [0.25, 0.3) is 0 Å². The lowest BCUT2D eigenvalue weighted by atomic mass is 9.83. The van der Waals surface area contributed by atoms with Gasteiger partial charge in [-0.25, -0.2) is 0 Å². The quantitative estimate of drug-likeness (QED) is 0.801. The van der Waals surface area contributed by atoms with Gasteiger partial charge in [0.05, 0.1) is 5.60 Å². The van der Waals surface area contributed by atoms with E-state index in [1.165, 1.54) is 6.42 Å². The number of methoxy groups -OCH3 is 1. The highest BCUT2D eigenvalue weighted by atomic mass is 16.5. The van der Waals surface area contributed by atoms with Crippen molar-refractivity contribution in [3.05, 3.63) is 0 Å². The second kappa shape index (κ2) is 5.03. The standard InChI is InChI=1S/C13H28N2O/c1-12(2,3)11(9-14)15-8-6-7-13(4,10-15)16-5/h11H,6-10,14H2,1-5H3. The number of piperidine rings is 1. The first-order valence-electron chi connectivity index (χ1n) is 6.32. The molecule has 0 aromatic carbocycles. The van der Waals surface area contributed by atoms with Gasteiger partial charge >= 0.3 is 0 Å². The molecule has 2 unspecified atom stereocenters. The number of ether oxygens (including phenoxy) is 1. The number of likely N-dealkylation sites (tertiary alicyclic amines) is 1. The van der Waals surface area contributed by atoms with Crippen LogP contribution in [-0.4, -0.2) is 43.3 Å². The molecule has 1 rings (SSSR count). The summed E-state index contributed by atoms with van der Waals surface area (Å²) in [7, 11) is 1.82. The average molecular weight is 228 g/mol. The van der Waals surface area contributed by atoms with Gasteiger partial charge in [0.1, 0.15) is 0 Å². The summed E-state index contributed by atoms with van der Waals surface area (Å²) in [5.41, 5.74) is 6.18. The third kappa shape index (κ3) is 3.19. The summed E-state index contributed by atoms with van der Waals surface area (Å²) >= 11 is 0. The van der Waals surface area contributed by atoms with Crippen LogP contribution in [0, 0.1) is 5.41 Å². The molecular formula is C13H28N2O. The van der Waals surface area contributed by atoms with Gasteiger partial charge in [-0.3, -0.25) is 4.90 Å². The molecule has 0 aromatic heterocycles. The van der Waals surface area contributed by atoms with Crippen molar-refractivity contribution >= 4 is 0 Å². The van der Waals surface area contributed by atoms with Crippen molar-refractivity contribution in [1.82, 2.24) is 4.90 Å². The number of nitrogens with zero attached hydrogens (tertiary/aromatic N) is 1. The topological polar surface area (TPSA) is 38.5 Å². The molecule has 1 saturated heterocycles. The van der Waals surface area contributed by atoms with Gasteiger partial charge in [0.2, 0.25) is 0 Å². The molecule has 0 aliphatic carbocycles. The van der Waals surface area contributed by atoms with E-state index in [9.17, 15) is 0 Å². The number of rotatable bonds is 3. The zero-order chi connectivity index (χ0) is 12.4. The van der Waals surface area contributed by atoms with E-state index in [-0.39, 0.29) is 11.0 Å². The van der Waals surface area contributed by atoms with Crippen molar-refractivity contribution in [2.75, 3.05) is 26.7 Å². The van der Waals surface area contributed by atoms with E-state index < -0.39 is 0 Å². The molecule has 16 heavy (non-hydrogen) atoms. The predicted octanol–water partition coefficient (Wildman–Crippen LogP) is 1.86. The van der Waals surface area contributed by atoms with E-state index in [2.05, 4.69) is 32.6 Å². The Morgan fingerprint density at radius 2 is 2.06 bits per heavy atom. The summed E-state index contributed by atoms with van der Waals surface area (Å²) in [6, 6.07) is 0.447. The van der Waals surface area contributed by atoms with Gasteiger partial charge < -0.3 is 10.5 Å². The van der Waals surface area contributed by atoms with Crippen molar-refractivity contribution in [2.45, 2.75) is 52.2 Å². The van der Waals surface area contributed by atoms with Gasteiger partial charge in [0.15, 0.2) is 0 Å². The van der Waals surface area contributed by atoms with Crippen LogP contribution in [0.2, 0.25) is 0 Å². The van der Waals surface area contributed by atoms with Crippen molar-refractivity contribution in [3.8, 4) is 0 Å². The largest absolute Gasteiger partial charge is 0.377 e. The Balaban J connectivity index is 2.72. The molecule has 3 nitrogen and oxygen atoms in total. The molecule has 0 bridgehead atoms. The summed E-state index contributed by atoms with van der Waals surface area (Å²) in [4.78, 5) is 2.51. The Hall–Kier alpha value is -0.120. The molecule has 0 spiro atoms. The fourth-order valence-electron chi connectivity index (χ4n) is 2.73. The molecule has 1 heterocycles. The van der Waals surface area contributed by atoms with Gasteiger partial charge in [-0.2, -0.15) is 0 Å². The molecule has 1 fully saturated rings. The minimum Gasteiger partial charge on any atom is -0.377 e. The molecule has 0 aromatic rings. The molecule has 1 aliphatic heterocycles. The summed E-state index contributed by atoms with van der Waals surface area (Å²) in [5, 5.41) is 0. The number of nitrogens with two attached hydrogens (primary N) is 1. The highest BCUT2D eigenvalue weighted by molar-refractivity contribution is 4.92. The fourth-order valence-corrected chi connectivity index (χ4v) is 2.73. The first kappa shape index (κ1) is 13.9. The van der Waals surface area contributed by atoms with Gasteiger partial charge in [-0.15, -0.1) is 0 Å². The Labute approximate surface area is 100 Å². The maximum Gasteiger partial charge on any atom is 0.0777 e. The van der Waals surface area contributed by atoms with E-state index in [1.807, 2.05) is 7.11 Å². The third-order valence-corrected chi connectivity index (χ3v) is 3.85. The van der Waals surface area contributed by atoms with Crippen molar-refractivity contribution < 1.29 is 4.74 Å². The zero-order valence-corrected chi connectivity index (χ0v) is 11.5. The van der Waals surface area contributed by atoms with Crippen LogP contribution < -0.4 is 5.73 Å². The highest BCUT2D eigenvalue weighted by Gasteiger charge is 2.37. The Morgan fingerprint density at radius 1 is 1.44 bits per heavy atom. The van der Waals surface area contributed by atoms with Crippen LogP contribution >= 0.6 is 0 Å². The lowest BCUT2D eigenvalue weighted by molar-refractivity contribution is -0.0718. The normalized spacial score (nSPS) is 30.4. The highest BCUT2D eigenvalue weighted by Crippen LogP contribution is 2.30. The van der Waals surface area contributed by atoms with Crippen molar-refractivity contribution in [1.29, 1.82) is 0 Å². The number of hydrogen-bond acceptors (Lipinski definition) is 3. The van der Waals surface area contributed by atoms with Crippen LogP contribution in [0.4, 0.5) is 0 Å². The summed E-state index contributed by atoms with van der Waals surface area (Å²) in [5.74, 6) is 0. The van der Waals surface area contributed by atoms with E-state index >= 15 is 0 Å². The third-order valence-electron chi connectivity index (χ3n) is 3.85. The SMILES string of the molecule is COC1(C)CCCN(C(CN)C(C)(C)C)C1. The minimum atomic E-state index is 0.0108. The maximum absolute atomic E-state index is 5.94. The molecule has 3 heteroatoms. The smallest absolute Gasteiger partial charge is 0.0777 e. The van der Waals surface area contributed by atoms with Crippen molar-refractivity contribution in [2.24, 2.45) is 11.1 Å². The molecule has 0 radical (unpaired) electrons. The summed E-state index contributed by atoms with van der Waals surface area (Å²) in [6.45, 7) is 11.9. The van der Waals surface area contributed by atoms with E-state index in [0.29, 0.717) is 6.04 Å². The Kier molecular flexibility index (Phi) is 4.38. The summed E-state index contributed by atoms with van der Waals surface area (Å²) < 4.78 is 5.63. The van der Waals surface area contributed by atoms with Crippen LogP contribution in [0.5, 0.6) is 0 Å². The lowest BCUT2D eigenvalue weighted by Crippen LogP contribution is -2.56. The summed E-state index contributed by atoms with van der Waals surface area (Å²) in [6.07, 6.45) is 2.36. The van der Waals surface area contributed by atoms with E-state index in [1.54, 1.807) is 0 Å². The van der Waals surface area contributed by atoms with Crippen LogP contribution in [-0.2, 0) is 4.74 Å². The van der Waals surface area contributed by atoms with E-state index in [0.717, 1.165) is 26.1 Å². The maximum atomic E-state index is 5.94. The van der Waals surface area contributed by atoms with E-state index in [4.69, 9.17) is 10.5 Å². The molecular weight excluding hydrogens is 200 g/mol. The first-order chi connectivity index (χ1) is 7.32. The molecule has 1 aliphatic rings. The van der Waals surface area contributed by atoms with Crippen LogP contribution in [0.1, 0.15) is 40.5 Å². The van der Waals surface area contributed by atoms with Gasteiger partial charge in [0, 0.05) is 26.2 Å². The predicted molar refractivity (Wildman–Crippen MR) is 68.5 cm³/mol. The number of hydrogen-bond donors (Lipinski definition) is 1. The molecule has 0 saturated carbocycles. The lowest BCUT2D eigenvalue weighted by Gasteiger charge is -2.47. The van der Waals surface area contributed by atoms with Crippen LogP contribution in [0.3, 0.4) is 0 Å². The van der Waals surface area contributed by atoms with Crippen LogP contribution in [0.15, 0.2) is 0 Å². The van der Waals surface area contributed by atoms with Crippen LogP contribution in [0.25, 0.3) is 0 Å². The van der Waals surface area contributed by atoms with Gasteiger partial charge in [-0.05, 0) is 31.7 Å². The Bertz CT molecular complexity index is 224. The monoisotopic (exact) mass is 228 g/mol. The second-order valence-electron chi connectivity index (χ2n) is 6.35. The zero-order valence-electron chi connectivity index (χ0n) is 11.5.